The molecule has 1 N–H and O–H groups in total. The monoisotopic (exact) mass is 347 g/mol. The number of rotatable bonds is 17. The zero-order chi connectivity index (χ0) is 16.3. The molecule has 0 aliphatic heterocycles. The lowest BCUT2D eigenvalue weighted by atomic mass is 10.1. The summed E-state index contributed by atoms with van der Waals surface area (Å²) in [5.74, 6) is 2.48. The first-order valence-electron chi connectivity index (χ1n) is 9.32. The summed E-state index contributed by atoms with van der Waals surface area (Å²) >= 11 is 0. The predicted molar refractivity (Wildman–Crippen MR) is 105 cm³/mol. The van der Waals surface area contributed by atoms with Crippen LogP contribution in [0.15, 0.2) is 0 Å². The minimum absolute atomic E-state index is 0.197. The first-order chi connectivity index (χ1) is 10.8. The van der Waals surface area contributed by atoms with Gasteiger partial charge >= 0.3 is 0 Å². The average molecular weight is 348 g/mol. The SMILES string of the molecule is CCCCCCCCCCCCSSCCNC(=O)CCC. The third kappa shape index (κ3) is 18.2. The first-order valence-corrected chi connectivity index (χ1v) is 11.8. The number of hydrogen-bond donors (Lipinski definition) is 1. The van der Waals surface area contributed by atoms with Crippen molar-refractivity contribution in [1.82, 2.24) is 5.32 Å². The van der Waals surface area contributed by atoms with E-state index in [1.165, 1.54) is 70.0 Å². The Morgan fingerprint density at radius 1 is 0.727 bits per heavy atom. The number of unbranched alkanes of at least 4 members (excludes halogenated alkanes) is 9. The van der Waals surface area contributed by atoms with Gasteiger partial charge in [0.25, 0.3) is 0 Å². The molecule has 0 heterocycles. The number of carbonyl (C=O) groups excluding carboxylic acids is 1. The third-order valence-electron chi connectivity index (χ3n) is 3.65. The van der Waals surface area contributed by atoms with Crippen LogP contribution >= 0.6 is 21.6 Å². The fraction of sp³-hybridized carbons (Fsp3) is 0.944. The average Bonchev–Trinajstić information content (AvgIpc) is 2.51. The van der Waals surface area contributed by atoms with Crippen LogP contribution in [0.25, 0.3) is 0 Å². The van der Waals surface area contributed by atoms with Crippen molar-refractivity contribution in [3.63, 3.8) is 0 Å². The number of amides is 1. The van der Waals surface area contributed by atoms with Crippen LogP contribution in [0, 0.1) is 0 Å². The highest BCUT2D eigenvalue weighted by molar-refractivity contribution is 8.76. The van der Waals surface area contributed by atoms with E-state index >= 15 is 0 Å². The van der Waals surface area contributed by atoms with Gasteiger partial charge in [-0.25, -0.2) is 0 Å². The molecule has 0 saturated carbocycles. The van der Waals surface area contributed by atoms with E-state index in [9.17, 15) is 4.79 Å². The molecule has 1 amide bonds. The maximum absolute atomic E-state index is 11.2. The van der Waals surface area contributed by atoms with Gasteiger partial charge in [0.15, 0.2) is 0 Å². The molecule has 0 bridgehead atoms. The molecule has 0 radical (unpaired) electrons. The smallest absolute Gasteiger partial charge is 0.220 e. The lowest BCUT2D eigenvalue weighted by Gasteiger charge is -2.04. The summed E-state index contributed by atoms with van der Waals surface area (Å²) in [6.45, 7) is 5.13. The molecule has 2 nitrogen and oxygen atoms in total. The van der Waals surface area contributed by atoms with Gasteiger partial charge < -0.3 is 5.32 Å². The van der Waals surface area contributed by atoms with Crippen molar-refractivity contribution in [1.29, 1.82) is 0 Å². The van der Waals surface area contributed by atoms with Crippen molar-refractivity contribution in [2.45, 2.75) is 90.9 Å². The number of hydrogen-bond acceptors (Lipinski definition) is 3. The summed E-state index contributed by atoms with van der Waals surface area (Å²) in [5.41, 5.74) is 0. The Kier molecular flexibility index (Phi) is 19.4. The van der Waals surface area contributed by atoms with E-state index in [0.717, 1.165) is 18.7 Å². The van der Waals surface area contributed by atoms with Crippen LogP contribution in [0.1, 0.15) is 90.9 Å². The van der Waals surface area contributed by atoms with Gasteiger partial charge in [-0.2, -0.15) is 0 Å². The highest BCUT2D eigenvalue weighted by Gasteiger charge is 1.98. The second kappa shape index (κ2) is 19.2. The molecular formula is C18H37NOS2. The summed E-state index contributed by atoms with van der Waals surface area (Å²) in [5, 5.41) is 2.95. The molecule has 22 heavy (non-hydrogen) atoms. The summed E-state index contributed by atoms with van der Waals surface area (Å²) in [6.07, 6.45) is 15.7. The highest BCUT2D eigenvalue weighted by Crippen LogP contribution is 2.22. The van der Waals surface area contributed by atoms with Crippen molar-refractivity contribution >= 4 is 27.5 Å². The minimum Gasteiger partial charge on any atom is -0.355 e. The zero-order valence-electron chi connectivity index (χ0n) is 14.8. The molecule has 0 aromatic heterocycles. The molecule has 0 aromatic rings. The molecular weight excluding hydrogens is 310 g/mol. The Morgan fingerprint density at radius 2 is 1.27 bits per heavy atom. The normalized spacial score (nSPS) is 10.8. The fourth-order valence-corrected chi connectivity index (χ4v) is 4.37. The highest BCUT2D eigenvalue weighted by atomic mass is 33.1. The van der Waals surface area contributed by atoms with Gasteiger partial charge in [0, 0.05) is 24.5 Å². The topological polar surface area (TPSA) is 29.1 Å². The molecule has 4 heteroatoms. The van der Waals surface area contributed by atoms with Crippen molar-refractivity contribution in [2.24, 2.45) is 0 Å². The van der Waals surface area contributed by atoms with Gasteiger partial charge in [-0.05, 0) is 12.8 Å². The molecule has 0 aliphatic carbocycles. The van der Waals surface area contributed by atoms with Crippen molar-refractivity contribution in [3.8, 4) is 0 Å². The van der Waals surface area contributed by atoms with Crippen LogP contribution in [0.2, 0.25) is 0 Å². The summed E-state index contributed by atoms with van der Waals surface area (Å²) in [4.78, 5) is 11.2. The molecule has 0 fully saturated rings. The van der Waals surface area contributed by atoms with Crippen LogP contribution in [0.5, 0.6) is 0 Å². The Bertz CT molecular complexity index is 237. The van der Waals surface area contributed by atoms with E-state index in [2.05, 4.69) is 12.2 Å². The van der Waals surface area contributed by atoms with Gasteiger partial charge in [-0.1, -0.05) is 93.2 Å². The van der Waals surface area contributed by atoms with Crippen molar-refractivity contribution < 1.29 is 4.79 Å². The molecule has 0 aromatic carbocycles. The second-order valence-electron chi connectivity index (χ2n) is 5.93. The van der Waals surface area contributed by atoms with Gasteiger partial charge in [-0.3, -0.25) is 4.79 Å². The summed E-state index contributed by atoms with van der Waals surface area (Å²) in [6, 6.07) is 0. The molecule has 0 saturated heterocycles. The van der Waals surface area contributed by atoms with Crippen LogP contribution in [0.4, 0.5) is 0 Å². The number of nitrogens with one attached hydrogen (secondary N) is 1. The van der Waals surface area contributed by atoms with Gasteiger partial charge in [0.2, 0.25) is 5.91 Å². The van der Waals surface area contributed by atoms with E-state index in [1.807, 2.05) is 28.5 Å². The van der Waals surface area contributed by atoms with E-state index < -0.39 is 0 Å². The van der Waals surface area contributed by atoms with Crippen molar-refractivity contribution in [3.05, 3.63) is 0 Å². The maximum Gasteiger partial charge on any atom is 0.220 e. The number of carbonyl (C=O) groups is 1. The minimum atomic E-state index is 0.197. The molecule has 0 unspecified atom stereocenters. The standard InChI is InChI=1S/C18H37NOS2/c1-3-5-6-7-8-9-10-11-12-13-16-21-22-17-15-19-18(20)14-4-2/h3-17H2,1-2H3,(H,19,20). The molecule has 0 atom stereocenters. The quantitative estimate of drug-likeness (QED) is 0.251. The van der Waals surface area contributed by atoms with E-state index in [-0.39, 0.29) is 5.91 Å². The largest absolute Gasteiger partial charge is 0.355 e. The van der Waals surface area contributed by atoms with Crippen LogP contribution in [0.3, 0.4) is 0 Å². The van der Waals surface area contributed by atoms with Gasteiger partial charge in [0.1, 0.15) is 0 Å². The summed E-state index contributed by atoms with van der Waals surface area (Å²) < 4.78 is 0. The van der Waals surface area contributed by atoms with Gasteiger partial charge in [-0.15, -0.1) is 0 Å². The first kappa shape index (κ1) is 22.2. The third-order valence-corrected chi connectivity index (χ3v) is 6.14. The van der Waals surface area contributed by atoms with Crippen molar-refractivity contribution in [2.75, 3.05) is 18.1 Å². The zero-order valence-corrected chi connectivity index (χ0v) is 16.5. The van der Waals surface area contributed by atoms with Crippen LogP contribution < -0.4 is 5.32 Å². The Balaban J connectivity index is 3.01. The van der Waals surface area contributed by atoms with Crippen LogP contribution in [-0.4, -0.2) is 24.0 Å². The Labute approximate surface area is 146 Å². The second-order valence-corrected chi connectivity index (χ2v) is 8.63. The van der Waals surface area contributed by atoms with E-state index in [0.29, 0.717) is 6.42 Å². The lowest BCUT2D eigenvalue weighted by molar-refractivity contribution is -0.120. The lowest BCUT2D eigenvalue weighted by Crippen LogP contribution is -2.24. The molecule has 132 valence electrons. The Hall–Kier alpha value is 0.170. The maximum atomic E-state index is 11.2. The fourth-order valence-electron chi connectivity index (χ4n) is 2.31. The Morgan fingerprint density at radius 3 is 1.86 bits per heavy atom. The summed E-state index contributed by atoms with van der Waals surface area (Å²) in [7, 11) is 3.86. The van der Waals surface area contributed by atoms with Gasteiger partial charge in [0.05, 0.1) is 0 Å². The van der Waals surface area contributed by atoms with E-state index in [1.54, 1.807) is 0 Å². The molecule has 0 aliphatic rings. The molecule has 0 spiro atoms. The van der Waals surface area contributed by atoms with E-state index in [4.69, 9.17) is 0 Å². The van der Waals surface area contributed by atoms with Crippen LogP contribution in [-0.2, 0) is 4.79 Å². The predicted octanol–water partition coefficient (Wildman–Crippen LogP) is 6.21. The molecule has 0 rings (SSSR count).